The summed E-state index contributed by atoms with van der Waals surface area (Å²) < 4.78 is 0. The molecule has 128 valence electrons. The first-order valence-electron chi connectivity index (χ1n) is 8.17. The third-order valence-corrected chi connectivity index (χ3v) is 4.61. The summed E-state index contributed by atoms with van der Waals surface area (Å²) in [5.41, 5.74) is 2.67. The lowest BCUT2D eigenvalue weighted by Gasteiger charge is -2.34. The zero-order valence-corrected chi connectivity index (χ0v) is 14.6. The number of amides is 2. The first kappa shape index (κ1) is 18.0. The summed E-state index contributed by atoms with van der Waals surface area (Å²) in [6.07, 6.45) is 3.35. The van der Waals surface area contributed by atoms with Crippen LogP contribution in [-0.2, 0) is 0 Å². The van der Waals surface area contributed by atoms with Crippen LogP contribution >= 0.6 is 11.6 Å². The van der Waals surface area contributed by atoms with Crippen LogP contribution in [0.15, 0.2) is 12.1 Å². The number of nitrogens with one attached hydrogen (secondary N) is 2. The van der Waals surface area contributed by atoms with E-state index in [1.165, 1.54) is 6.42 Å². The fourth-order valence-electron chi connectivity index (χ4n) is 3.11. The van der Waals surface area contributed by atoms with Crippen LogP contribution in [0.2, 0.25) is 5.02 Å². The number of aliphatic hydroxyl groups excluding tert-OH is 1. The highest BCUT2D eigenvalue weighted by molar-refractivity contribution is 6.34. The summed E-state index contributed by atoms with van der Waals surface area (Å²) in [7, 11) is 0. The van der Waals surface area contributed by atoms with E-state index in [4.69, 9.17) is 11.6 Å². The Morgan fingerprint density at radius 1 is 1.39 bits per heavy atom. The van der Waals surface area contributed by atoms with Gasteiger partial charge in [0.2, 0.25) is 0 Å². The normalized spacial score (nSPS) is 18.7. The topological polar surface area (TPSA) is 64.6 Å². The molecule has 0 bridgehead atoms. The molecule has 0 unspecified atom stereocenters. The molecule has 2 rings (SSSR count). The Hall–Kier alpha value is -1.30. The van der Waals surface area contributed by atoms with Gasteiger partial charge in [0.1, 0.15) is 0 Å². The molecule has 1 heterocycles. The van der Waals surface area contributed by atoms with Crippen molar-refractivity contribution in [1.82, 2.24) is 10.2 Å². The predicted molar refractivity (Wildman–Crippen MR) is 94.2 cm³/mol. The van der Waals surface area contributed by atoms with E-state index in [2.05, 4.69) is 15.5 Å². The van der Waals surface area contributed by atoms with Crippen LogP contribution in [0.4, 0.5) is 10.5 Å². The van der Waals surface area contributed by atoms with E-state index in [-0.39, 0.29) is 18.7 Å². The van der Waals surface area contributed by atoms with Crippen molar-refractivity contribution in [2.45, 2.75) is 39.2 Å². The third-order valence-electron chi connectivity index (χ3n) is 4.31. The molecule has 1 fully saturated rings. The molecule has 0 saturated carbocycles. The van der Waals surface area contributed by atoms with E-state index >= 15 is 0 Å². The quantitative estimate of drug-likeness (QED) is 0.772. The van der Waals surface area contributed by atoms with Gasteiger partial charge in [-0.25, -0.2) is 4.79 Å². The van der Waals surface area contributed by atoms with E-state index < -0.39 is 0 Å². The Bertz CT molecular complexity index is 528. The highest BCUT2D eigenvalue weighted by atomic mass is 35.5. The average molecular weight is 340 g/mol. The van der Waals surface area contributed by atoms with Gasteiger partial charge < -0.3 is 15.7 Å². The molecule has 23 heavy (non-hydrogen) atoms. The largest absolute Gasteiger partial charge is 0.395 e. The van der Waals surface area contributed by atoms with Gasteiger partial charge in [-0.1, -0.05) is 24.1 Å². The molecule has 1 aromatic rings. The maximum absolute atomic E-state index is 12.0. The predicted octanol–water partition coefficient (Wildman–Crippen LogP) is 2.93. The number of nitrogens with zero attached hydrogens (tertiary/aromatic N) is 1. The maximum atomic E-state index is 12.0. The number of urea groups is 1. The molecule has 5 nitrogen and oxygen atoms in total. The first-order chi connectivity index (χ1) is 11.0. The molecule has 1 saturated heterocycles. The van der Waals surface area contributed by atoms with Gasteiger partial charge in [0.15, 0.2) is 0 Å². The molecule has 0 aromatic heterocycles. The number of carbonyl (C=O) groups excluding carboxylic acids is 1. The number of aliphatic hydroxyl groups is 1. The molecule has 1 aliphatic heterocycles. The average Bonchev–Trinajstić information content (AvgIpc) is 2.51. The molecule has 2 amide bonds. The lowest BCUT2D eigenvalue weighted by atomic mass is 10.0. The second-order valence-corrected chi connectivity index (χ2v) is 6.59. The van der Waals surface area contributed by atoms with Crippen LogP contribution in [0.3, 0.4) is 0 Å². The Labute approximate surface area is 143 Å². The summed E-state index contributed by atoms with van der Waals surface area (Å²) in [5.74, 6) is 0. The summed E-state index contributed by atoms with van der Waals surface area (Å²) >= 11 is 6.19. The van der Waals surface area contributed by atoms with Crippen molar-refractivity contribution >= 4 is 23.3 Å². The lowest BCUT2D eigenvalue weighted by molar-refractivity contribution is 0.0917. The van der Waals surface area contributed by atoms with Gasteiger partial charge in [-0.05, 0) is 50.4 Å². The fraction of sp³-hybridized carbons (Fsp3) is 0.588. The van der Waals surface area contributed by atoms with Gasteiger partial charge in [-0.3, -0.25) is 4.90 Å². The maximum Gasteiger partial charge on any atom is 0.319 e. The van der Waals surface area contributed by atoms with Crippen LogP contribution in [0.25, 0.3) is 0 Å². The third kappa shape index (κ3) is 5.09. The Morgan fingerprint density at radius 3 is 2.87 bits per heavy atom. The van der Waals surface area contributed by atoms with E-state index in [9.17, 15) is 9.90 Å². The van der Waals surface area contributed by atoms with Crippen LogP contribution in [0.1, 0.15) is 30.4 Å². The van der Waals surface area contributed by atoms with Gasteiger partial charge in [-0.15, -0.1) is 0 Å². The van der Waals surface area contributed by atoms with Crippen molar-refractivity contribution in [2.24, 2.45) is 0 Å². The molecule has 3 N–H and O–H groups in total. The number of carbonyl (C=O) groups is 1. The summed E-state index contributed by atoms with van der Waals surface area (Å²) in [6.45, 7) is 6.36. The van der Waals surface area contributed by atoms with E-state index in [0.29, 0.717) is 17.3 Å². The number of likely N-dealkylation sites (tertiary alicyclic amines) is 1. The highest BCUT2D eigenvalue weighted by Crippen LogP contribution is 2.27. The minimum Gasteiger partial charge on any atom is -0.395 e. The molecule has 6 heteroatoms. The number of piperidine rings is 1. The first-order valence-corrected chi connectivity index (χ1v) is 8.55. The monoisotopic (exact) mass is 339 g/mol. The smallest absolute Gasteiger partial charge is 0.319 e. The molecular formula is C17H26ClN3O2. The summed E-state index contributed by atoms with van der Waals surface area (Å²) in [5, 5.41) is 15.6. The molecular weight excluding hydrogens is 314 g/mol. The van der Waals surface area contributed by atoms with Crippen molar-refractivity contribution in [3.05, 3.63) is 28.3 Å². The Balaban J connectivity index is 1.81. The van der Waals surface area contributed by atoms with Gasteiger partial charge in [0.25, 0.3) is 0 Å². The molecule has 1 aliphatic rings. The van der Waals surface area contributed by atoms with Crippen molar-refractivity contribution in [2.75, 3.05) is 31.6 Å². The molecule has 0 aliphatic carbocycles. The second-order valence-electron chi connectivity index (χ2n) is 6.19. The number of hydrogen-bond acceptors (Lipinski definition) is 3. The van der Waals surface area contributed by atoms with E-state index in [1.807, 2.05) is 26.0 Å². The van der Waals surface area contributed by atoms with Crippen molar-refractivity contribution in [3.8, 4) is 0 Å². The number of halogens is 1. The van der Waals surface area contributed by atoms with Crippen LogP contribution in [0.5, 0.6) is 0 Å². The zero-order chi connectivity index (χ0) is 16.8. The van der Waals surface area contributed by atoms with E-state index in [0.717, 1.165) is 37.1 Å². The minimum atomic E-state index is -0.253. The van der Waals surface area contributed by atoms with Crippen molar-refractivity contribution in [3.63, 3.8) is 0 Å². The summed E-state index contributed by atoms with van der Waals surface area (Å²) in [4.78, 5) is 14.3. The molecule has 0 spiro atoms. The Morgan fingerprint density at radius 2 is 2.17 bits per heavy atom. The summed E-state index contributed by atoms with van der Waals surface area (Å²) in [6, 6.07) is 3.80. The number of rotatable bonds is 5. The number of anilines is 1. The second kappa shape index (κ2) is 8.52. The van der Waals surface area contributed by atoms with Crippen molar-refractivity contribution < 1.29 is 9.90 Å². The fourth-order valence-corrected chi connectivity index (χ4v) is 3.47. The van der Waals surface area contributed by atoms with Gasteiger partial charge in [0, 0.05) is 19.1 Å². The van der Waals surface area contributed by atoms with Crippen LogP contribution in [-0.4, -0.2) is 48.3 Å². The molecule has 0 radical (unpaired) electrons. The van der Waals surface area contributed by atoms with Crippen LogP contribution in [0, 0.1) is 13.8 Å². The highest BCUT2D eigenvalue weighted by Gasteiger charge is 2.21. The standard InChI is InChI=1S/C17H26ClN3O2/c1-12-9-13(2)16(15(18)10-12)20-17(23)19-6-8-21-7-4-3-5-14(21)11-22/h9-10,14,22H,3-8,11H2,1-2H3,(H2,19,20,23)/t14-/m0/s1. The van der Waals surface area contributed by atoms with Crippen LogP contribution < -0.4 is 10.6 Å². The zero-order valence-electron chi connectivity index (χ0n) is 13.9. The number of benzene rings is 1. The van der Waals surface area contributed by atoms with Gasteiger partial charge in [0.05, 0.1) is 17.3 Å². The SMILES string of the molecule is Cc1cc(C)c(NC(=O)NCCN2CCCC[C@H]2CO)c(Cl)c1. The lowest BCUT2D eigenvalue weighted by Crippen LogP contribution is -2.46. The van der Waals surface area contributed by atoms with Gasteiger partial charge >= 0.3 is 6.03 Å². The number of aryl methyl sites for hydroxylation is 2. The van der Waals surface area contributed by atoms with E-state index in [1.54, 1.807) is 0 Å². The Kier molecular flexibility index (Phi) is 6.69. The minimum absolute atomic E-state index is 0.185. The van der Waals surface area contributed by atoms with Gasteiger partial charge in [-0.2, -0.15) is 0 Å². The van der Waals surface area contributed by atoms with Crippen molar-refractivity contribution in [1.29, 1.82) is 0 Å². The number of hydrogen-bond donors (Lipinski definition) is 3. The molecule has 1 atom stereocenters. The molecule has 1 aromatic carbocycles.